The predicted octanol–water partition coefficient (Wildman–Crippen LogP) is 7.42. The lowest BCUT2D eigenvalue weighted by atomic mass is 9.49. The Bertz CT molecular complexity index is 1420. The van der Waals surface area contributed by atoms with Crippen LogP contribution in [-0.4, -0.2) is 34.2 Å². The standard InChI is InChI=1S/C35H37ClN2O4/c1-24-34(32(39)40,20-10-9-19-30(26-13-5-3-6-14-26)27-15-7-4-8-16-27)31(28-17-11-18-29(36)23-28)35(33(41)42,21-12-22-37)25(2)38-24/h3-11,13-18,23-25,30-31,38H,12,19-21H2,1-2H3,(H,39,40)(H,41,42)/b10-9+. The van der Waals surface area contributed by atoms with Crippen LogP contribution < -0.4 is 5.32 Å². The quantitative estimate of drug-likeness (QED) is 0.202. The third-order valence-electron chi connectivity index (χ3n) is 9.10. The fourth-order valence-corrected chi connectivity index (χ4v) is 7.19. The van der Waals surface area contributed by atoms with E-state index in [1.807, 2.05) is 55.5 Å². The van der Waals surface area contributed by atoms with Crippen molar-refractivity contribution in [1.29, 1.82) is 5.26 Å². The maximum absolute atomic E-state index is 13.5. The minimum Gasteiger partial charge on any atom is -0.481 e. The van der Waals surface area contributed by atoms with Gasteiger partial charge < -0.3 is 15.5 Å². The van der Waals surface area contributed by atoms with Crippen molar-refractivity contribution in [2.24, 2.45) is 10.8 Å². The highest BCUT2D eigenvalue weighted by Crippen LogP contribution is 2.59. The summed E-state index contributed by atoms with van der Waals surface area (Å²) in [4.78, 5) is 26.7. The second kappa shape index (κ2) is 13.4. The Labute approximate surface area is 252 Å². The van der Waals surface area contributed by atoms with Gasteiger partial charge in [-0.25, -0.2) is 0 Å². The van der Waals surface area contributed by atoms with Crippen molar-refractivity contribution in [2.45, 2.75) is 63.5 Å². The van der Waals surface area contributed by atoms with Crippen molar-refractivity contribution in [3.8, 4) is 6.07 Å². The van der Waals surface area contributed by atoms with E-state index in [4.69, 9.17) is 11.6 Å². The van der Waals surface area contributed by atoms with Crippen LogP contribution in [0.25, 0.3) is 0 Å². The summed E-state index contributed by atoms with van der Waals surface area (Å²) >= 11 is 6.39. The molecule has 0 amide bonds. The molecule has 0 spiro atoms. The molecule has 3 N–H and O–H groups in total. The van der Waals surface area contributed by atoms with Gasteiger partial charge in [0.05, 0.1) is 16.9 Å². The number of nitrogens with one attached hydrogen (secondary N) is 1. The first-order valence-electron chi connectivity index (χ1n) is 14.3. The molecule has 0 radical (unpaired) electrons. The van der Waals surface area contributed by atoms with E-state index in [2.05, 4.69) is 35.7 Å². The summed E-state index contributed by atoms with van der Waals surface area (Å²) in [7, 11) is 0. The molecule has 1 aliphatic heterocycles. The first kappa shape index (κ1) is 31.0. The Morgan fingerprint density at radius 2 is 1.48 bits per heavy atom. The number of aliphatic carboxylic acids is 2. The van der Waals surface area contributed by atoms with E-state index in [-0.39, 0.29) is 25.2 Å². The summed E-state index contributed by atoms with van der Waals surface area (Å²) in [5.41, 5.74) is -0.237. The number of carbonyl (C=O) groups is 2. The van der Waals surface area contributed by atoms with Crippen LogP contribution in [0, 0.1) is 22.2 Å². The summed E-state index contributed by atoms with van der Waals surface area (Å²) in [6.07, 6.45) is 4.61. The highest BCUT2D eigenvalue weighted by Gasteiger charge is 2.66. The molecule has 0 saturated carbocycles. The van der Waals surface area contributed by atoms with Crippen LogP contribution in [0.4, 0.5) is 0 Å². The van der Waals surface area contributed by atoms with Crippen LogP contribution in [0.2, 0.25) is 5.02 Å². The normalized spacial score (nSPS) is 25.7. The van der Waals surface area contributed by atoms with Gasteiger partial charge in [-0.05, 0) is 61.9 Å². The molecule has 1 saturated heterocycles. The Kier molecular flexibility index (Phi) is 9.88. The molecule has 5 unspecified atom stereocenters. The first-order chi connectivity index (χ1) is 20.2. The molecule has 1 aliphatic rings. The third kappa shape index (κ3) is 5.86. The second-order valence-corrected chi connectivity index (χ2v) is 11.7. The maximum Gasteiger partial charge on any atom is 0.312 e. The molecule has 3 aromatic rings. The number of carboxylic acid groups (broad SMARTS) is 2. The Balaban J connectivity index is 1.80. The number of rotatable bonds is 11. The highest BCUT2D eigenvalue weighted by atomic mass is 35.5. The number of allylic oxidation sites excluding steroid dienone is 2. The van der Waals surface area contributed by atoms with Crippen molar-refractivity contribution in [3.05, 3.63) is 119 Å². The Morgan fingerprint density at radius 1 is 0.905 bits per heavy atom. The average molecular weight is 585 g/mol. The fourth-order valence-electron chi connectivity index (χ4n) is 6.99. The van der Waals surface area contributed by atoms with Crippen LogP contribution in [0.3, 0.4) is 0 Å². The fraction of sp³-hybridized carbons (Fsp3) is 0.343. The number of benzene rings is 3. The predicted molar refractivity (Wildman–Crippen MR) is 164 cm³/mol. The molecule has 4 rings (SSSR count). The summed E-state index contributed by atoms with van der Waals surface area (Å²) in [5.74, 6) is -3.10. The number of hydrogen-bond acceptors (Lipinski definition) is 4. The van der Waals surface area contributed by atoms with Crippen LogP contribution in [-0.2, 0) is 9.59 Å². The molecule has 42 heavy (non-hydrogen) atoms. The zero-order valence-electron chi connectivity index (χ0n) is 23.9. The zero-order valence-corrected chi connectivity index (χ0v) is 24.7. The second-order valence-electron chi connectivity index (χ2n) is 11.2. The van der Waals surface area contributed by atoms with Gasteiger partial charge >= 0.3 is 11.9 Å². The van der Waals surface area contributed by atoms with Crippen molar-refractivity contribution < 1.29 is 19.8 Å². The van der Waals surface area contributed by atoms with Gasteiger partial charge in [-0.3, -0.25) is 9.59 Å². The van der Waals surface area contributed by atoms with Crippen LogP contribution in [0.5, 0.6) is 0 Å². The summed E-state index contributed by atoms with van der Waals surface area (Å²) in [6.45, 7) is 3.58. The minimum atomic E-state index is -1.56. The smallest absolute Gasteiger partial charge is 0.312 e. The van der Waals surface area contributed by atoms with Crippen molar-refractivity contribution in [2.75, 3.05) is 0 Å². The SMILES string of the molecule is CC1NC(C)C(CCC#N)(C(=O)O)C(c2cccc(Cl)c2)C1(C/C=C/CC(c1ccccc1)c1ccccc1)C(=O)O. The van der Waals surface area contributed by atoms with Crippen molar-refractivity contribution in [3.63, 3.8) is 0 Å². The molecule has 1 fully saturated rings. The molecule has 6 nitrogen and oxygen atoms in total. The molecule has 0 aromatic heterocycles. The van der Waals surface area contributed by atoms with E-state index in [9.17, 15) is 25.1 Å². The number of carboxylic acids is 2. The molecule has 218 valence electrons. The summed E-state index contributed by atoms with van der Waals surface area (Å²) in [6, 6.07) is 28.1. The molecule has 5 atom stereocenters. The number of piperidine rings is 1. The lowest BCUT2D eigenvalue weighted by molar-refractivity contribution is -0.172. The van der Waals surface area contributed by atoms with Crippen molar-refractivity contribution >= 4 is 23.5 Å². The molecular formula is C35H37ClN2O4. The Hall–Kier alpha value is -3.92. The Morgan fingerprint density at radius 3 is 2.00 bits per heavy atom. The van der Waals surface area contributed by atoms with Gasteiger partial charge in [0, 0.05) is 35.4 Å². The molecular weight excluding hydrogens is 548 g/mol. The minimum absolute atomic E-state index is 0.000265. The summed E-state index contributed by atoms with van der Waals surface area (Å²) in [5, 5.41) is 35.0. The highest BCUT2D eigenvalue weighted by molar-refractivity contribution is 6.30. The molecule has 1 heterocycles. The molecule has 0 bridgehead atoms. The first-order valence-corrected chi connectivity index (χ1v) is 14.7. The van der Waals surface area contributed by atoms with Crippen LogP contribution >= 0.6 is 11.6 Å². The van der Waals surface area contributed by atoms with Gasteiger partial charge in [-0.2, -0.15) is 5.26 Å². The van der Waals surface area contributed by atoms with Gasteiger partial charge in [0.15, 0.2) is 0 Å². The van der Waals surface area contributed by atoms with Gasteiger partial charge in [-0.15, -0.1) is 0 Å². The zero-order chi connectivity index (χ0) is 30.3. The van der Waals surface area contributed by atoms with Crippen LogP contribution in [0.1, 0.15) is 68.1 Å². The van der Waals surface area contributed by atoms with E-state index in [0.29, 0.717) is 17.0 Å². The lowest BCUT2D eigenvalue weighted by Gasteiger charge is -2.57. The number of nitriles is 1. The van der Waals surface area contributed by atoms with Crippen molar-refractivity contribution in [1.82, 2.24) is 5.32 Å². The number of nitrogens with zero attached hydrogens (tertiary/aromatic N) is 1. The van der Waals surface area contributed by atoms with E-state index < -0.39 is 40.8 Å². The molecule has 0 aliphatic carbocycles. The average Bonchev–Trinajstić information content (AvgIpc) is 2.98. The molecule has 7 heteroatoms. The van der Waals surface area contributed by atoms with E-state index >= 15 is 0 Å². The van der Waals surface area contributed by atoms with Gasteiger partial charge in [0.1, 0.15) is 0 Å². The van der Waals surface area contributed by atoms with E-state index in [0.717, 1.165) is 11.1 Å². The van der Waals surface area contributed by atoms with Gasteiger partial charge in [0.25, 0.3) is 0 Å². The number of hydrogen-bond donors (Lipinski definition) is 3. The largest absolute Gasteiger partial charge is 0.481 e. The maximum atomic E-state index is 13.5. The third-order valence-corrected chi connectivity index (χ3v) is 9.34. The van der Waals surface area contributed by atoms with E-state index in [1.54, 1.807) is 31.2 Å². The number of halogens is 1. The summed E-state index contributed by atoms with van der Waals surface area (Å²) < 4.78 is 0. The van der Waals surface area contributed by atoms with Gasteiger partial charge in [-0.1, -0.05) is 96.5 Å². The monoisotopic (exact) mass is 584 g/mol. The topological polar surface area (TPSA) is 110 Å². The lowest BCUT2D eigenvalue weighted by Crippen LogP contribution is -2.69. The van der Waals surface area contributed by atoms with Gasteiger partial charge in [0.2, 0.25) is 0 Å². The molecule has 3 aromatic carbocycles. The van der Waals surface area contributed by atoms with Crippen LogP contribution in [0.15, 0.2) is 97.1 Å². The van der Waals surface area contributed by atoms with E-state index in [1.165, 1.54) is 0 Å².